The normalized spacial score (nSPS) is 15.2. The number of nitrogens with one attached hydrogen (secondary N) is 1. The minimum absolute atomic E-state index is 0.341. The quantitative estimate of drug-likeness (QED) is 0.449. The minimum atomic E-state index is -3.64. The SMILES string of the molecule is CCCCOC(=O)[C@H](C)N[P@@](=O)(Cl)Oc1ccccc1. The van der Waals surface area contributed by atoms with Crippen LogP contribution in [0.15, 0.2) is 30.3 Å². The summed E-state index contributed by atoms with van der Waals surface area (Å²) in [6, 6.07) is 7.71. The van der Waals surface area contributed by atoms with E-state index in [1.807, 2.05) is 6.92 Å². The van der Waals surface area contributed by atoms with Gasteiger partial charge in [0.2, 0.25) is 0 Å². The van der Waals surface area contributed by atoms with Gasteiger partial charge in [-0.1, -0.05) is 31.5 Å². The van der Waals surface area contributed by atoms with Crippen molar-refractivity contribution in [1.29, 1.82) is 0 Å². The second kappa shape index (κ2) is 8.30. The Morgan fingerprint density at radius 1 is 1.40 bits per heavy atom. The largest absolute Gasteiger partial charge is 0.465 e. The smallest absolute Gasteiger partial charge is 0.409 e. The summed E-state index contributed by atoms with van der Waals surface area (Å²) in [6.45, 7) is 0.220. The van der Waals surface area contributed by atoms with Crippen LogP contribution in [-0.4, -0.2) is 18.6 Å². The van der Waals surface area contributed by atoms with E-state index in [9.17, 15) is 9.36 Å². The Bertz CT molecular complexity index is 469. The van der Waals surface area contributed by atoms with Crippen LogP contribution in [-0.2, 0) is 14.1 Å². The van der Waals surface area contributed by atoms with Crippen LogP contribution in [0.4, 0.5) is 0 Å². The molecule has 1 rings (SSSR count). The molecule has 0 radical (unpaired) electrons. The summed E-state index contributed by atoms with van der Waals surface area (Å²) in [4.78, 5) is 11.6. The Labute approximate surface area is 123 Å². The van der Waals surface area contributed by atoms with Crippen molar-refractivity contribution in [3.63, 3.8) is 0 Å². The number of halogens is 1. The molecule has 1 aromatic rings. The first-order chi connectivity index (χ1) is 9.44. The lowest BCUT2D eigenvalue weighted by Crippen LogP contribution is -2.33. The van der Waals surface area contributed by atoms with Crippen molar-refractivity contribution in [2.45, 2.75) is 32.7 Å². The van der Waals surface area contributed by atoms with Gasteiger partial charge in [-0.2, -0.15) is 0 Å². The molecule has 0 aliphatic carbocycles. The lowest BCUT2D eigenvalue weighted by atomic mass is 10.3. The highest BCUT2D eigenvalue weighted by Crippen LogP contribution is 2.48. The number of unbranched alkanes of at least 4 members (excludes halogenated alkanes) is 1. The summed E-state index contributed by atoms with van der Waals surface area (Å²) >= 11 is 5.79. The molecule has 112 valence electrons. The molecule has 0 saturated carbocycles. The molecular formula is C13H19ClNO4P. The maximum atomic E-state index is 12.1. The Morgan fingerprint density at radius 3 is 2.65 bits per heavy atom. The van der Waals surface area contributed by atoms with Gasteiger partial charge in [0.15, 0.2) is 0 Å². The zero-order chi connectivity index (χ0) is 15.0. The van der Waals surface area contributed by atoms with Crippen molar-refractivity contribution in [3.8, 4) is 5.75 Å². The standard InChI is InChI=1S/C13H19ClNO4P/c1-3-4-10-18-13(16)11(2)15-20(14,17)19-12-8-6-5-7-9-12/h5-9,11H,3-4,10H2,1-2H3,(H,15,17)/t11-,20+/m0/s1. The molecule has 0 saturated heterocycles. The number of hydrogen-bond donors (Lipinski definition) is 1. The lowest BCUT2D eigenvalue weighted by Gasteiger charge is -2.18. The van der Waals surface area contributed by atoms with Crippen LogP contribution in [0.5, 0.6) is 5.75 Å². The minimum Gasteiger partial charge on any atom is -0.465 e. The number of carbonyl (C=O) groups is 1. The van der Waals surface area contributed by atoms with Gasteiger partial charge < -0.3 is 9.26 Å². The molecule has 0 bridgehead atoms. The summed E-state index contributed by atoms with van der Waals surface area (Å²) in [5, 5.41) is 2.46. The number of rotatable bonds is 8. The summed E-state index contributed by atoms with van der Waals surface area (Å²) in [5.74, 6) is -0.138. The highest BCUT2D eigenvalue weighted by molar-refractivity contribution is 7.84. The average Bonchev–Trinajstić information content (AvgIpc) is 2.38. The molecule has 1 N–H and O–H groups in total. The zero-order valence-electron chi connectivity index (χ0n) is 11.5. The van der Waals surface area contributed by atoms with Gasteiger partial charge in [0.1, 0.15) is 11.8 Å². The van der Waals surface area contributed by atoms with Crippen molar-refractivity contribution < 1.29 is 18.6 Å². The van der Waals surface area contributed by atoms with E-state index in [0.717, 1.165) is 12.8 Å². The first-order valence-electron chi connectivity index (χ1n) is 6.43. The van der Waals surface area contributed by atoms with Gasteiger partial charge in [0.05, 0.1) is 6.61 Å². The fraction of sp³-hybridized carbons (Fsp3) is 0.462. The molecule has 0 unspecified atom stereocenters. The van der Waals surface area contributed by atoms with Gasteiger partial charge in [0.25, 0.3) is 0 Å². The summed E-state index contributed by atoms with van der Waals surface area (Å²) in [6.07, 6.45) is 1.72. The summed E-state index contributed by atoms with van der Waals surface area (Å²) in [5.41, 5.74) is 0. The molecule has 0 aliphatic heterocycles. The van der Waals surface area contributed by atoms with Gasteiger partial charge in [0, 0.05) is 11.2 Å². The van der Waals surface area contributed by atoms with Gasteiger partial charge in [-0.05, 0) is 25.5 Å². The molecule has 0 aliphatic rings. The number of ether oxygens (including phenoxy) is 1. The average molecular weight is 320 g/mol. The fourth-order valence-electron chi connectivity index (χ4n) is 1.37. The fourth-order valence-corrected chi connectivity index (χ4v) is 3.06. The molecule has 5 nitrogen and oxygen atoms in total. The van der Waals surface area contributed by atoms with Crippen LogP contribution < -0.4 is 9.61 Å². The molecule has 1 aromatic carbocycles. The Kier molecular flexibility index (Phi) is 7.06. The van der Waals surface area contributed by atoms with E-state index in [1.54, 1.807) is 30.3 Å². The number of para-hydroxylation sites is 1. The topological polar surface area (TPSA) is 64.6 Å². The second-order valence-electron chi connectivity index (χ2n) is 4.26. The maximum absolute atomic E-state index is 12.1. The number of hydrogen-bond acceptors (Lipinski definition) is 4. The number of benzene rings is 1. The Hall–Kier alpha value is -1.03. The van der Waals surface area contributed by atoms with Crippen LogP contribution in [0.25, 0.3) is 0 Å². The van der Waals surface area contributed by atoms with E-state index in [-0.39, 0.29) is 0 Å². The molecular weight excluding hydrogens is 301 g/mol. The van der Waals surface area contributed by atoms with Crippen molar-refractivity contribution in [2.75, 3.05) is 6.61 Å². The van der Waals surface area contributed by atoms with Gasteiger partial charge in [-0.25, -0.2) is 9.65 Å². The predicted octanol–water partition coefficient (Wildman–Crippen LogP) is 3.73. The Morgan fingerprint density at radius 2 is 2.05 bits per heavy atom. The van der Waals surface area contributed by atoms with E-state index < -0.39 is 18.9 Å². The molecule has 0 aromatic heterocycles. The highest BCUT2D eigenvalue weighted by atomic mass is 35.7. The molecule has 0 spiro atoms. The molecule has 7 heteroatoms. The second-order valence-corrected chi connectivity index (χ2v) is 6.99. The molecule has 20 heavy (non-hydrogen) atoms. The lowest BCUT2D eigenvalue weighted by molar-refractivity contribution is -0.145. The van der Waals surface area contributed by atoms with E-state index in [1.165, 1.54) is 6.92 Å². The van der Waals surface area contributed by atoms with E-state index in [0.29, 0.717) is 12.4 Å². The van der Waals surface area contributed by atoms with E-state index in [2.05, 4.69) is 5.09 Å². The van der Waals surface area contributed by atoms with Crippen LogP contribution in [0, 0.1) is 0 Å². The van der Waals surface area contributed by atoms with Crippen LogP contribution >= 0.6 is 18.1 Å². The van der Waals surface area contributed by atoms with Gasteiger partial charge >= 0.3 is 12.8 Å². The number of carbonyl (C=O) groups excluding carboxylic acids is 1. The van der Waals surface area contributed by atoms with E-state index >= 15 is 0 Å². The Balaban J connectivity index is 2.48. The molecule has 0 fully saturated rings. The molecule has 0 amide bonds. The maximum Gasteiger partial charge on any atom is 0.409 e. The predicted molar refractivity (Wildman–Crippen MR) is 79.0 cm³/mol. The number of esters is 1. The zero-order valence-corrected chi connectivity index (χ0v) is 13.2. The first kappa shape index (κ1) is 17.0. The van der Waals surface area contributed by atoms with Crippen LogP contribution in [0.1, 0.15) is 26.7 Å². The highest BCUT2D eigenvalue weighted by Gasteiger charge is 2.27. The van der Waals surface area contributed by atoms with Crippen molar-refractivity contribution >= 4 is 24.1 Å². The molecule has 2 atom stereocenters. The van der Waals surface area contributed by atoms with Crippen LogP contribution in [0.2, 0.25) is 0 Å². The van der Waals surface area contributed by atoms with Gasteiger partial charge in [-0.15, -0.1) is 0 Å². The third-order valence-electron chi connectivity index (χ3n) is 2.41. The summed E-state index contributed by atoms with van der Waals surface area (Å²) in [7, 11) is 0. The van der Waals surface area contributed by atoms with Crippen LogP contribution in [0.3, 0.4) is 0 Å². The van der Waals surface area contributed by atoms with Crippen molar-refractivity contribution in [3.05, 3.63) is 30.3 Å². The van der Waals surface area contributed by atoms with Gasteiger partial charge in [-0.3, -0.25) is 4.79 Å². The van der Waals surface area contributed by atoms with Crippen molar-refractivity contribution in [2.24, 2.45) is 0 Å². The third-order valence-corrected chi connectivity index (χ3v) is 4.05. The summed E-state index contributed by atoms with van der Waals surface area (Å²) < 4.78 is 22.2. The van der Waals surface area contributed by atoms with E-state index in [4.69, 9.17) is 20.5 Å². The third kappa shape index (κ3) is 6.42. The molecule has 0 heterocycles. The van der Waals surface area contributed by atoms with Crippen molar-refractivity contribution in [1.82, 2.24) is 5.09 Å². The monoisotopic (exact) mass is 319 g/mol. The first-order valence-corrected chi connectivity index (χ1v) is 8.96.